The van der Waals surface area contributed by atoms with Crippen LogP contribution in [0.1, 0.15) is 56.2 Å². The van der Waals surface area contributed by atoms with E-state index in [4.69, 9.17) is 16.2 Å². The van der Waals surface area contributed by atoms with Gasteiger partial charge in [0.05, 0.1) is 13.1 Å². The molecule has 2 fully saturated rings. The first-order valence-corrected chi connectivity index (χ1v) is 11.1. The fraction of sp³-hybridized carbons (Fsp3) is 0.591. The molecule has 1 aliphatic carbocycles. The first-order chi connectivity index (χ1) is 15.3. The minimum atomic E-state index is -1.03. The molecule has 3 rings (SSSR count). The van der Waals surface area contributed by atoms with Gasteiger partial charge in [0.25, 0.3) is 0 Å². The summed E-state index contributed by atoms with van der Waals surface area (Å²) >= 11 is 0. The summed E-state index contributed by atoms with van der Waals surface area (Å²) in [7, 11) is 0. The van der Waals surface area contributed by atoms with E-state index in [0.717, 1.165) is 44.1 Å². The number of carbonyl (C=O) groups excluding carboxylic acids is 2. The van der Waals surface area contributed by atoms with E-state index in [1.165, 1.54) is 0 Å². The molecule has 1 aromatic heterocycles. The van der Waals surface area contributed by atoms with Crippen LogP contribution in [-0.4, -0.2) is 63.8 Å². The standard InChI is InChI=1S/C22H32N6O4/c23-20(24)17-8-7-15(11-26-17)12-27-21(32)22(16-5-2-1-3-6-16)9-4-10-28(22)18(29)13-25-14-19(30)31/h7-8,11,16,25H,1-6,9-10,12-14H2,(H3,23,24)(H,27,32)(H,30,31)/t22-/m1/s1. The summed E-state index contributed by atoms with van der Waals surface area (Å²) in [5.74, 6) is -1.46. The molecule has 32 heavy (non-hydrogen) atoms. The summed E-state index contributed by atoms with van der Waals surface area (Å²) in [4.78, 5) is 43.2. The summed E-state index contributed by atoms with van der Waals surface area (Å²) in [6, 6.07) is 3.41. The lowest BCUT2D eigenvalue weighted by atomic mass is 9.72. The van der Waals surface area contributed by atoms with Gasteiger partial charge in [0.1, 0.15) is 17.1 Å². The van der Waals surface area contributed by atoms with Crippen LogP contribution in [0.5, 0.6) is 0 Å². The summed E-state index contributed by atoms with van der Waals surface area (Å²) in [5.41, 5.74) is 5.69. The van der Waals surface area contributed by atoms with Crippen LogP contribution in [0.15, 0.2) is 18.3 Å². The van der Waals surface area contributed by atoms with E-state index in [1.807, 2.05) is 0 Å². The maximum atomic E-state index is 13.6. The summed E-state index contributed by atoms with van der Waals surface area (Å²) in [6.07, 6.45) is 7.93. The molecular weight excluding hydrogens is 412 g/mol. The van der Waals surface area contributed by atoms with Crippen molar-refractivity contribution < 1.29 is 19.5 Å². The number of nitrogens with zero attached hydrogens (tertiary/aromatic N) is 2. The van der Waals surface area contributed by atoms with Crippen molar-refractivity contribution in [3.05, 3.63) is 29.6 Å². The number of nitrogen functional groups attached to an aromatic ring is 1. The van der Waals surface area contributed by atoms with Crippen molar-refractivity contribution in [1.29, 1.82) is 5.41 Å². The van der Waals surface area contributed by atoms with E-state index >= 15 is 0 Å². The highest BCUT2D eigenvalue weighted by Crippen LogP contribution is 2.43. The third-order valence-electron chi connectivity index (χ3n) is 6.50. The molecule has 1 aliphatic heterocycles. The molecule has 1 atom stereocenters. The van der Waals surface area contributed by atoms with E-state index in [9.17, 15) is 14.4 Å². The van der Waals surface area contributed by atoms with Crippen LogP contribution in [0.2, 0.25) is 0 Å². The number of aliphatic carboxylic acids is 1. The van der Waals surface area contributed by atoms with Crippen LogP contribution in [0.3, 0.4) is 0 Å². The number of nitrogens with one attached hydrogen (secondary N) is 3. The van der Waals surface area contributed by atoms with E-state index in [-0.39, 0.29) is 43.2 Å². The molecule has 1 saturated carbocycles. The number of nitrogens with two attached hydrogens (primary N) is 1. The highest BCUT2D eigenvalue weighted by molar-refractivity contribution is 5.94. The summed E-state index contributed by atoms with van der Waals surface area (Å²) in [5, 5.41) is 21.9. The zero-order valence-electron chi connectivity index (χ0n) is 18.2. The molecule has 0 unspecified atom stereocenters. The molecule has 0 radical (unpaired) electrons. The van der Waals surface area contributed by atoms with Crippen molar-refractivity contribution in [3.63, 3.8) is 0 Å². The van der Waals surface area contributed by atoms with Crippen molar-refractivity contribution in [1.82, 2.24) is 20.5 Å². The summed E-state index contributed by atoms with van der Waals surface area (Å²) in [6.45, 7) is 0.347. The first kappa shape index (κ1) is 23.6. The molecular formula is C22H32N6O4. The van der Waals surface area contributed by atoms with Gasteiger partial charge in [-0.3, -0.25) is 30.1 Å². The molecule has 2 aliphatic rings. The number of likely N-dealkylation sites (tertiary alicyclic amines) is 1. The molecule has 2 heterocycles. The Balaban J connectivity index is 1.76. The topological polar surface area (TPSA) is 162 Å². The van der Waals surface area contributed by atoms with Crippen LogP contribution < -0.4 is 16.4 Å². The van der Waals surface area contributed by atoms with Gasteiger partial charge in [0.15, 0.2) is 0 Å². The average molecular weight is 445 g/mol. The summed E-state index contributed by atoms with van der Waals surface area (Å²) < 4.78 is 0. The molecule has 10 heteroatoms. The van der Waals surface area contributed by atoms with Crippen LogP contribution in [-0.2, 0) is 20.9 Å². The van der Waals surface area contributed by atoms with E-state index in [0.29, 0.717) is 18.7 Å². The normalized spacial score (nSPS) is 21.3. The zero-order chi connectivity index (χ0) is 23.1. The van der Waals surface area contributed by atoms with Crippen molar-refractivity contribution >= 4 is 23.6 Å². The third kappa shape index (κ3) is 5.24. The van der Waals surface area contributed by atoms with Crippen molar-refractivity contribution in [2.24, 2.45) is 11.7 Å². The second kappa shape index (κ2) is 10.5. The van der Waals surface area contributed by atoms with Crippen molar-refractivity contribution in [3.8, 4) is 0 Å². The van der Waals surface area contributed by atoms with Gasteiger partial charge in [0.2, 0.25) is 11.8 Å². The molecule has 10 nitrogen and oxygen atoms in total. The highest BCUT2D eigenvalue weighted by atomic mass is 16.4. The van der Waals surface area contributed by atoms with Gasteiger partial charge in [-0.25, -0.2) is 0 Å². The predicted octanol–water partition coefficient (Wildman–Crippen LogP) is 0.598. The van der Waals surface area contributed by atoms with E-state index in [1.54, 1.807) is 23.2 Å². The van der Waals surface area contributed by atoms with Crippen molar-refractivity contribution in [2.75, 3.05) is 19.6 Å². The molecule has 0 bridgehead atoms. The fourth-order valence-corrected chi connectivity index (χ4v) is 5.01. The van der Waals surface area contributed by atoms with Crippen LogP contribution in [0, 0.1) is 11.3 Å². The molecule has 0 aromatic carbocycles. The SMILES string of the molecule is N=C(N)c1ccc(CNC(=O)[C@]2(C3CCCCC3)CCCN2C(=O)CNCC(=O)O)cn1. The molecule has 174 valence electrons. The van der Waals surface area contributed by atoms with Crippen LogP contribution in [0.25, 0.3) is 0 Å². The van der Waals surface area contributed by atoms with Crippen LogP contribution >= 0.6 is 0 Å². The lowest BCUT2D eigenvalue weighted by Gasteiger charge is -2.44. The Kier molecular flexibility index (Phi) is 7.79. The predicted molar refractivity (Wildman–Crippen MR) is 118 cm³/mol. The maximum Gasteiger partial charge on any atom is 0.317 e. The smallest absolute Gasteiger partial charge is 0.317 e. The lowest BCUT2D eigenvalue weighted by molar-refractivity contribution is -0.149. The monoisotopic (exact) mass is 444 g/mol. The number of carboxylic acid groups (broad SMARTS) is 1. The number of hydrogen-bond acceptors (Lipinski definition) is 6. The highest BCUT2D eigenvalue weighted by Gasteiger charge is 2.54. The Hall–Kier alpha value is -3.01. The Labute approximate surface area is 187 Å². The van der Waals surface area contributed by atoms with Gasteiger partial charge in [-0.05, 0) is 43.2 Å². The fourth-order valence-electron chi connectivity index (χ4n) is 5.01. The maximum absolute atomic E-state index is 13.6. The Morgan fingerprint density at radius 1 is 1.19 bits per heavy atom. The minimum Gasteiger partial charge on any atom is -0.480 e. The van der Waals surface area contributed by atoms with Gasteiger partial charge < -0.3 is 21.1 Å². The number of carboxylic acids is 1. The number of hydrogen-bond donors (Lipinski definition) is 5. The molecule has 1 aromatic rings. The zero-order valence-corrected chi connectivity index (χ0v) is 18.2. The Morgan fingerprint density at radius 2 is 1.94 bits per heavy atom. The minimum absolute atomic E-state index is 0.0837. The molecule has 2 amide bonds. The number of amides is 2. The number of rotatable bonds is 9. The number of carbonyl (C=O) groups is 3. The molecule has 0 spiro atoms. The largest absolute Gasteiger partial charge is 0.480 e. The molecule has 1 saturated heterocycles. The van der Waals surface area contributed by atoms with Gasteiger partial charge in [0, 0.05) is 19.3 Å². The van der Waals surface area contributed by atoms with Gasteiger partial charge >= 0.3 is 5.97 Å². The van der Waals surface area contributed by atoms with Gasteiger partial charge in [-0.1, -0.05) is 25.3 Å². The van der Waals surface area contributed by atoms with Gasteiger partial charge in [-0.15, -0.1) is 0 Å². The Bertz CT molecular complexity index is 852. The average Bonchev–Trinajstić information content (AvgIpc) is 3.24. The quantitative estimate of drug-likeness (QED) is 0.275. The number of pyridine rings is 1. The Morgan fingerprint density at radius 3 is 2.56 bits per heavy atom. The number of aromatic nitrogens is 1. The van der Waals surface area contributed by atoms with Gasteiger partial charge in [-0.2, -0.15) is 0 Å². The number of amidine groups is 1. The second-order valence-corrected chi connectivity index (χ2v) is 8.55. The van der Waals surface area contributed by atoms with Crippen LogP contribution in [0.4, 0.5) is 0 Å². The first-order valence-electron chi connectivity index (χ1n) is 11.1. The lowest BCUT2D eigenvalue weighted by Crippen LogP contribution is -2.62. The van der Waals surface area contributed by atoms with Crippen molar-refractivity contribution in [2.45, 2.75) is 57.0 Å². The third-order valence-corrected chi connectivity index (χ3v) is 6.50. The molecule has 6 N–H and O–H groups in total. The van der Waals surface area contributed by atoms with E-state index in [2.05, 4.69) is 15.6 Å². The second-order valence-electron chi connectivity index (χ2n) is 8.55. The van der Waals surface area contributed by atoms with E-state index < -0.39 is 11.5 Å².